The second-order valence-corrected chi connectivity index (χ2v) is 5.00. The van der Waals surface area contributed by atoms with Gasteiger partial charge in [-0.2, -0.15) is 39.5 Å². The Bertz CT molecular complexity index is 340. The fraction of sp³-hybridized carbons (Fsp3) is 1.00. The molecule has 0 saturated carbocycles. The molecule has 0 bridgehead atoms. The maximum Gasteiger partial charge on any atom is 0.443 e. The van der Waals surface area contributed by atoms with Gasteiger partial charge >= 0.3 is 18.5 Å². The first kappa shape index (κ1) is 18.3. The van der Waals surface area contributed by atoms with E-state index in [0.29, 0.717) is 0 Å². The highest BCUT2D eigenvalue weighted by molar-refractivity contribution is 5.06. The normalized spacial score (nSPS) is 39.4. The lowest BCUT2D eigenvalue weighted by atomic mass is 9.78. The van der Waals surface area contributed by atoms with Crippen LogP contribution in [-0.4, -0.2) is 45.7 Å². The standard InChI is InChI=1S/C9H9F9O3/c1-4(7(10,11)12)2-5(19,8(13,14)15)3-6(20,21-4)9(16,17)18/h19-20H,2-3H2,1H3/t4-,5-,6-/m0/s1. The topological polar surface area (TPSA) is 49.7 Å². The van der Waals surface area contributed by atoms with Crippen molar-refractivity contribution in [1.29, 1.82) is 0 Å². The maximum absolute atomic E-state index is 12.7. The first-order valence-corrected chi connectivity index (χ1v) is 5.22. The smallest absolute Gasteiger partial charge is 0.380 e. The Morgan fingerprint density at radius 2 is 1.19 bits per heavy atom. The van der Waals surface area contributed by atoms with E-state index >= 15 is 0 Å². The highest BCUT2D eigenvalue weighted by Gasteiger charge is 2.75. The van der Waals surface area contributed by atoms with E-state index in [1.165, 1.54) is 0 Å². The van der Waals surface area contributed by atoms with E-state index in [9.17, 15) is 44.6 Å². The van der Waals surface area contributed by atoms with Crippen LogP contribution in [0.5, 0.6) is 0 Å². The highest BCUT2D eigenvalue weighted by Crippen LogP contribution is 2.56. The Morgan fingerprint density at radius 3 is 1.48 bits per heavy atom. The molecule has 3 nitrogen and oxygen atoms in total. The molecule has 3 atom stereocenters. The molecule has 1 aliphatic heterocycles. The van der Waals surface area contributed by atoms with Gasteiger partial charge in [-0.1, -0.05) is 0 Å². The van der Waals surface area contributed by atoms with Crippen molar-refractivity contribution in [3.8, 4) is 0 Å². The first-order chi connectivity index (χ1) is 8.87. The first-order valence-electron chi connectivity index (χ1n) is 5.22. The van der Waals surface area contributed by atoms with E-state index < -0.39 is 48.4 Å². The van der Waals surface area contributed by atoms with Crippen molar-refractivity contribution in [1.82, 2.24) is 0 Å². The Morgan fingerprint density at radius 1 is 0.762 bits per heavy atom. The minimum Gasteiger partial charge on any atom is -0.380 e. The van der Waals surface area contributed by atoms with Crippen LogP contribution in [0.4, 0.5) is 39.5 Å². The molecule has 0 spiro atoms. The van der Waals surface area contributed by atoms with Crippen LogP contribution in [0.3, 0.4) is 0 Å². The van der Waals surface area contributed by atoms with E-state index in [1.807, 2.05) is 0 Å². The van der Waals surface area contributed by atoms with Crippen LogP contribution in [0, 0.1) is 0 Å². The zero-order valence-corrected chi connectivity index (χ0v) is 10.1. The Labute approximate surface area is 111 Å². The fourth-order valence-electron chi connectivity index (χ4n) is 1.98. The summed E-state index contributed by atoms with van der Waals surface area (Å²) < 4.78 is 117. The predicted octanol–water partition coefficient (Wildman–Crippen LogP) is 2.66. The van der Waals surface area contributed by atoms with Crippen molar-refractivity contribution in [3.05, 3.63) is 0 Å². The lowest BCUT2D eigenvalue weighted by Crippen LogP contribution is -2.70. The minimum absolute atomic E-state index is 0.112. The van der Waals surface area contributed by atoms with Crippen LogP contribution in [0.25, 0.3) is 0 Å². The summed E-state index contributed by atoms with van der Waals surface area (Å²) in [6, 6.07) is 0. The van der Waals surface area contributed by atoms with Gasteiger partial charge in [0.1, 0.15) is 0 Å². The molecule has 1 saturated heterocycles. The Hall–Kier alpha value is -0.750. The van der Waals surface area contributed by atoms with Crippen molar-refractivity contribution in [2.24, 2.45) is 0 Å². The summed E-state index contributed by atoms with van der Waals surface area (Å²) in [5.74, 6) is -4.79. The van der Waals surface area contributed by atoms with E-state index in [0.717, 1.165) is 0 Å². The van der Waals surface area contributed by atoms with E-state index in [2.05, 4.69) is 4.74 Å². The molecule has 0 aliphatic carbocycles. The summed E-state index contributed by atoms with van der Waals surface area (Å²) in [5, 5.41) is 18.3. The van der Waals surface area contributed by atoms with Crippen LogP contribution in [0.2, 0.25) is 0 Å². The molecule has 1 fully saturated rings. The van der Waals surface area contributed by atoms with Gasteiger partial charge in [0, 0.05) is 12.8 Å². The van der Waals surface area contributed by atoms with Gasteiger partial charge in [0.05, 0.1) is 0 Å². The van der Waals surface area contributed by atoms with E-state index in [1.54, 1.807) is 0 Å². The van der Waals surface area contributed by atoms with Crippen molar-refractivity contribution in [3.63, 3.8) is 0 Å². The van der Waals surface area contributed by atoms with Crippen molar-refractivity contribution >= 4 is 0 Å². The van der Waals surface area contributed by atoms with Gasteiger partial charge in [-0.05, 0) is 6.92 Å². The average molecular weight is 336 g/mol. The van der Waals surface area contributed by atoms with Gasteiger partial charge in [-0.25, -0.2) is 0 Å². The third kappa shape index (κ3) is 2.93. The summed E-state index contributed by atoms with van der Waals surface area (Å²) >= 11 is 0. The molecule has 1 rings (SSSR count). The quantitative estimate of drug-likeness (QED) is 0.669. The molecule has 2 N–H and O–H groups in total. The zero-order chi connectivity index (χ0) is 17.1. The summed E-state index contributed by atoms with van der Waals surface area (Å²) in [6.07, 6.45) is -22.2. The summed E-state index contributed by atoms with van der Waals surface area (Å²) in [4.78, 5) is 0. The number of halogens is 9. The number of hydrogen-bond donors (Lipinski definition) is 2. The molecule has 0 amide bonds. The molecule has 0 radical (unpaired) electrons. The molecule has 21 heavy (non-hydrogen) atoms. The molecule has 0 aromatic carbocycles. The molecule has 1 aliphatic rings. The van der Waals surface area contributed by atoms with Crippen LogP contribution in [0.1, 0.15) is 19.8 Å². The van der Waals surface area contributed by atoms with E-state index in [4.69, 9.17) is 5.11 Å². The number of rotatable bonds is 0. The SMILES string of the molecule is C[C@@]1(C(F)(F)F)C[C@@](O)(C(F)(F)F)C[C@@](O)(C(F)(F)F)O1. The largest absolute Gasteiger partial charge is 0.443 e. The van der Waals surface area contributed by atoms with Crippen molar-refractivity contribution < 1.29 is 54.5 Å². The van der Waals surface area contributed by atoms with Gasteiger partial charge in [0.15, 0.2) is 11.2 Å². The van der Waals surface area contributed by atoms with Crippen LogP contribution in [-0.2, 0) is 4.74 Å². The second kappa shape index (κ2) is 4.38. The number of aliphatic hydroxyl groups is 2. The Balaban J connectivity index is 3.44. The third-order valence-corrected chi connectivity index (χ3v) is 3.13. The molecule has 126 valence electrons. The minimum atomic E-state index is -5.97. The van der Waals surface area contributed by atoms with Gasteiger partial charge in [0.2, 0.25) is 0 Å². The third-order valence-electron chi connectivity index (χ3n) is 3.13. The molecule has 1 heterocycles. The predicted molar refractivity (Wildman–Crippen MR) is 46.8 cm³/mol. The Kier molecular flexibility index (Phi) is 3.82. The average Bonchev–Trinajstić information content (AvgIpc) is 2.09. The molecule has 12 heteroatoms. The van der Waals surface area contributed by atoms with Gasteiger partial charge in [-0.15, -0.1) is 0 Å². The molecular weight excluding hydrogens is 327 g/mol. The highest BCUT2D eigenvalue weighted by atomic mass is 19.4. The number of ether oxygens (including phenoxy) is 1. The van der Waals surface area contributed by atoms with Gasteiger partial charge in [0.25, 0.3) is 5.79 Å². The van der Waals surface area contributed by atoms with Crippen LogP contribution >= 0.6 is 0 Å². The molecule has 0 unspecified atom stereocenters. The van der Waals surface area contributed by atoms with Crippen molar-refractivity contribution in [2.45, 2.75) is 55.3 Å². The summed E-state index contributed by atoms with van der Waals surface area (Å²) in [7, 11) is 0. The molecule has 0 aromatic heterocycles. The van der Waals surface area contributed by atoms with Crippen molar-refractivity contribution in [2.75, 3.05) is 0 Å². The molecule has 0 aromatic rings. The lowest BCUT2D eigenvalue weighted by Gasteiger charge is -2.51. The van der Waals surface area contributed by atoms with Gasteiger partial charge in [-0.3, -0.25) is 0 Å². The number of hydrogen-bond acceptors (Lipinski definition) is 3. The zero-order valence-electron chi connectivity index (χ0n) is 10.1. The molecular formula is C9H9F9O3. The fourth-order valence-corrected chi connectivity index (χ4v) is 1.98. The maximum atomic E-state index is 12.7. The lowest BCUT2D eigenvalue weighted by molar-refractivity contribution is -0.470. The number of alkyl halides is 9. The van der Waals surface area contributed by atoms with E-state index in [-0.39, 0.29) is 6.92 Å². The summed E-state index contributed by atoms with van der Waals surface area (Å²) in [5.41, 5.74) is -8.46. The summed E-state index contributed by atoms with van der Waals surface area (Å²) in [6.45, 7) is -0.112. The van der Waals surface area contributed by atoms with Crippen LogP contribution in [0.15, 0.2) is 0 Å². The van der Waals surface area contributed by atoms with Gasteiger partial charge < -0.3 is 14.9 Å². The second-order valence-electron chi connectivity index (χ2n) is 5.00. The monoisotopic (exact) mass is 336 g/mol. The van der Waals surface area contributed by atoms with Crippen LogP contribution < -0.4 is 0 Å².